The first-order chi connectivity index (χ1) is 17.1. The Morgan fingerprint density at radius 1 is 0.973 bits per heavy atom. The summed E-state index contributed by atoms with van der Waals surface area (Å²) in [6, 6.07) is -2.20. The van der Waals surface area contributed by atoms with Gasteiger partial charge in [-0.3, -0.25) is 9.11 Å². The Kier molecular flexibility index (Phi) is 12.0. The van der Waals surface area contributed by atoms with Gasteiger partial charge in [0.2, 0.25) is 0 Å². The second-order valence-electron chi connectivity index (χ2n) is 9.92. The second kappa shape index (κ2) is 13.6. The summed E-state index contributed by atoms with van der Waals surface area (Å²) in [5.74, 6) is 0. The number of nitrogens with two attached hydrogens (primary N) is 3. The minimum atomic E-state index is -4.67. The van der Waals surface area contributed by atoms with E-state index in [9.17, 15) is 15.3 Å². The molecule has 13 N–H and O–H groups in total. The smallest absolute Gasteiger partial charge is 0.388 e. The van der Waals surface area contributed by atoms with Crippen LogP contribution in [0.5, 0.6) is 0 Å². The van der Waals surface area contributed by atoms with Gasteiger partial charge < -0.3 is 62.1 Å². The van der Waals surface area contributed by atoms with Gasteiger partial charge in [-0.15, -0.1) is 0 Å². The maximum absolute atomic E-state index is 11.1. The van der Waals surface area contributed by atoms with Crippen LogP contribution in [0.1, 0.15) is 26.2 Å². The van der Waals surface area contributed by atoms with Gasteiger partial charge in [0.15, 0.2) is 12.6 Å². The van der Waals surface area contributed by atoms with Gasteiger partial charge in [0.05, 0.1) is 24.8 Å². The molecule has 1 saturated carbocycles. The van der Waals surface area contributed by atoms with Crippen molar-refractivity contribution in [3.05, 3.63) is 0 Å². The summed E-state index contributed by atoms with van der Waals surface area (Å²) in [4.78, 5) is 0. The molecule has 0 aromatic rings. The minimum Gasteiger partial charge on any atom is -0.388 e. The molecule has 2 heterocycles. The first-order valence-corrected chi connectivity index (χ1v) is 13.4. The van der Waals surface area contributed by atoms with Gasteiger partial charge in [-0.25, -0.2) is 0 Å². The molecule has 0 amide bonds. The van der Waals surface area contributed by atoms with Gasteiger partial charge in [0.1, 0.15) is 30.0 Å². The maximum atomic E-state index is 11.1. The molecule has 16 nitrogen and oxygen atoms in total. The highest BCUT2D eigenvalue weighted by Gasteiger charge is 2.50. The van der Waals surface area contributed by atoms with Crippen molar-refractivity contribution in [1.29, 1.82) is 0 Å². The first kappa shape index (κ1) is 32.6. The molecule has 1 aliphatic carbocycles. The molecular weight excluding hydrogens is 518 g/mol. The third kappa shape index (κ3) is 9.23. The van der Waals surface area contributed by atoms with E-state index in [2.05, 4.69) is 10.6 Å². The van der Waals surface area contributed by atoms with Crippen LogP contribution in [0.25, 0.3) is 0 Å². The van der Waals surface area contributed by atoms with Crippen molar-refractivity contribution in [3.8, 4) is 0 Å². The highest BCUT2D eigenvalue weighted by molar-refractivity contribution is 7.79. The van der Waals surface area contributed by atoms with E-state index in [-0.39, 0.29) is 18.8 Å². The van der Waals surface area contributed by atoms with Gasteiger partial charge in [0.25, 0.3) is 0 Å². The van der Waals surface area contributed by atoms with E-state index in [4.69, 9.17) is 53.7 Å². The number of likely N-dealkylation sites (N-methyl/N-ethyl adjacent to an activating group) is 2. The highest BCUT2D eigenvalue weighted by Crippen LogP contribution is 2.31. The van der Waals surface area contributed by atoms with E-state index in [0.717, 1.165) is 12.8 Å². The number of nitrogens with one attached hydrogen (secondary N) is 2. The summed E-state index contributed by atoms with van der Waals surface area (Å²) in [6.07, 6.45) is -4.12. The van der Waals surface area contributed by atoms with Crippen molar-refractivity contribution in [2.45, 2.75) is 99.1 Å². The van der Waals surface area contributed by atoms with E-state index in [1.165, 1.54) is 0 Å². The van der Waals surface area contributed by atoms with Crippen LogP contribution in [-0.2, 0) is 29.3 Å². The number of ether oxygens (including phenoxy) is 4. The maximum Gasteiger partial charge on any atom is 0.394 e. The summed E-state index contributed by atoms with van der Waals surface area (Å²) < 4.78 is 55.1. The van der Waals surface area contributed by atoms with Crippen molar-refractivity contribution in [2.24, 2.45) is 17.2 Å². The quantitative estimate of drug-likeness (QED) is 0.131. The number of aliphatic hydroxyl groups excluding tert-OH is 2. The third-order valence-electron chi connectivity index (χ3n) is 6.72. The van der Waals surface area contributed by atoms with Crippen molar-refractivity contribution in [2.75, 3.05) is 27.2 Å². The molecule has 12 atom stereocenters. The summed E-state index contributed by atoms with van der Waals surface area (Å²) in [5.41, 5.74) is 17.4. The van der Waals surface area contributed by atoms with Crippen LogP contribution in [0.4, 0.5) is 0 Å². The molecule has 37 heavy (non-hydrogen) atoms. The van der Waals surface area contributed by atoms with Crippen LogP contribution in [0.15, 0.2) is 0 Å². The number of rotatable bonds is 7. The monoisotopic (exact) mass is 561 g/mol. The molecule has 220 valence electrons. The molecule has 2 saturated heterocycles. The molecule has 0 aromatic heterocycles. The SMILES string of the molecule is CNC[C@@H]1CC[C@@H](N)[C@@H](O[C@H]2[C@H](O)[C@@H](O[C@@H]3OC[C@@](C)(O)[C@@H](NC)[C@@H]3O)[C@H](N)C[C@@H]2N)O1.O=S(=O)(O)O. The van der Waals surface area contributed by atoms with Crippen molar-refractivity contribution in [3.63, 3.8) is 0 Å². The lowest BCUT2D eigenvalue weighted by molar-refractivity contribution is -0.306. The Hall–Kier alpha value is -0.610. The molecule has 3 fully saturated rings. The average Bonchev–Trinajstić information content (AvgIpc) is 2.76. The molecule has 17 heteroatoms. The Morgan fingerprint density at radius 2 is 1.51 bits per heavy atom. The molecule has 3 rings (SSSR count). The fourth-order valence-electron chi connectivity index (χ4n) is 4.90. The summed E-state index contributed by atoms with van der Waals surface area (Å²) >= 11 is 0. The number of hydrogen-bond donors (Lipinski definition) is 10. The largest absolute Gasteiger partial charge is 0.394 e. The topological polar surface area (TPSA) is 274 Å². The van der Waals surface area contributed by atoms with Crippen LogP contribution in [0.3, 0.4) is 0 Å². The normalized spacial score (nSPS) is 45.1. The van der Waals surface area contributed by atoms with Crippen LogP contribution < -0.4 is 27.8 Å². The Bertz CT molecular complexity index is 802. The zero-order valence-corrected chi connectivity index (χ0v) is 22.0. The lowest BCUT2D eigenvalue weighted by Gasteiger charge is -2.48. The predicted octanol–water partition coefficient (Wildman–Crippen LogP) is -4.37. The van der Waals surface area contributed by atoms with Crippen molar-refractivity contribution < 1.29 is 51.8 Å². The Labute approximate surface area is 216 Å². The van der Waals surface area contributed by atoms with Gasteiger partial charge >= 0.3 is 10.4 Å². The molecule has 0 bridgehead atoms. The van der Waals surface area contributed by atoms with Gasteiger partial charge in [0, 0.05) is 18.6 Å². The third-order valence-corrected chi connectivity index (χ3v) is 6.72. The summed E-state index contributed by atoms with van der Waals surface area (Å²) in [7, 11) is -1.19. The van der Waals surface area contributed by atoms with Crippen molar-refractivity contribution in [1.82, 2.24) is 10.6 Å². The second-order valence-corrected chi connectivity index (χ2v) is 10.8. The minimum absolute atomic E-state index is 0.0480. The fraction of sp³-hybridized carbons (Fsp3) is 1.00. The van der Waals surface area contributed by atoms with Crippen molar-refractivity contribution >= 4 is 10.4 Å². The molecular formula is C20H43N5O11S. The average molecular weight is 562 g/mol. The van der Waals surface area contributed by atoms with E-state index in [1.807, 2.05) is 7.05 Å². The molecule has 0 unspecified atom stereocenters. The molecule has 0 spiro atoms. The molecule has 0 aromatic carbocycles. The van der Waals surface area contributed by atoms with Crippen LogP contribution in [-0.4, -0.2) is 133 Å². The lowest BCUT2D eigenvalue weighted by atomic mass is 9.84. The van der Waals surface area contributed by atoms with Gasteiger partial charge in [-0.2, -0.15) is 8.42 Å². The van der Waals surface area contributed by atoms with E-state index >= 15 is 0 Å². The van der Waals surface area contributed by atoms with Gasteiger partial charge in [-0.05, 0) is 40.3 Å². The van der Waals surface area contributed by atoms with Crippen LogP contribution in [0, 0.1) is 0 Å². The standard InChI is InChI=1S/C20H41N5O7.H2O4S/c1-20(28)8-29-19(14(27)17(20)25-3)32-16-12(23)6-11(22)15(13(16)26)31-18-10(21)5-4-9(30-18)7-24-2;1-5(2,3)4/h9-19,24-28H,4-8,21-23H2,1-3H3;(H2,1,2,3,4)/t9-,10+,11-,12+,13-,14-,15+,16-,17-,18+,19-,20+;/m0./s1. The van der Waals surface area contributed by atoms with E-state index in [1.54, 1.807) is 14.0 Å². The van der Waals surface area contributed by atoms with Crippen LogP contribution >= 0.6 is 0 Å². The molecule has 3 aliphatic rings. The fourth-order valence-corrected chi connectivity index (χ4v) is 4.90. The molecule has 0 radical (unpaired) electrons. The van der Waals surface area contributed by atoms with Crippen LogP contribution in [0.2, 0.25) is 0 Å². The summed E-state index contributed by atoms with van der Waals surface area (Å²) in [6.45, 7) is 2.16. The van der Waals surface area contributed by atoms with E-state index < -0.39 is 71.1 Å². The predicted molar refractivity (Wildman–Crippen MR) is 130 cm³/mol. The lowest BCUT2D eigenvalue weighted by Crippen LogP contribution is -2.68. The number of hydrogen-bond acceptors (Lipinski definition) is 14. The highest BCUT2D eigenvalue weighted by atomic mass is 32.3. The molecule has 2 aliphatic heterocycles. The zero-order chi connectivity index (χ0) is 28.1. The number of aliphatic hydroxyl groups is 3. The first-order valence-electron chi connectivity index (χ1n) is 12.0. The Morgan fingerprint density at radius 3 is 2.03 bits per heavy atom. The zero-order valence-electron chi connectivity index (χ0n) is 21.2. The summed E-state index contributed by atoms with van der Waals surface area (Å²) in [5, 5.41) is 38.1. The van der Waals surface area contributed by atoms with E-state index in [0.29, 0.717) is 13.0 Å². The van der Waals surface area contributed by atoms with Gasteiger partial charge in [-0.1, -0.05) is 0 Å². The Balaban J connectivity index is 0.000000877.